The van der Waals surface area contributed by atoms with Crippen molar-refractivity contribution < 1.29 is 61.4 Å². The highest BCUT2D eigenvalue weighted by Gasteiger charge is 2.41. The molecular formula is C11H20N5O14P3. The maximum atomic E-state index is 11.9. The first kappa shape index (κ1) is 27.7. The molecule has 9 N–H and O–H groups in total. The predicted molar refractivity (Wildman–Crippen MR) is 105 cm³/mol. The van der Waals surface area contributed by atoms with Gasteiger partial charge in [0.15, 0.2) is 17.4 Å². The van der Waals surface area contributed by atoms with Crippen LogP contribution in [0.25, 0.3) is 11.2 Å². The summed E-state index contributed by atoms with van der Waals surface area (Å²) in [7, 11) is -16.8. The van der Waals surface area contributed by atoms with E-state index in [1.165, 1.54) is 0 Å². The SMILES string of the molecule is C[C@H](O)[C@@H](COP(=O)(O)OP(=O)(O)OP(=O)(O)O)O[C@H](CO)n1cnc2c(=O)[nH]c(N)nc21. The van der Waals surface area contributed by atoms with Gasteiger partial charge < -0.3 is 40.3 Å². The summed E-state index contributed by atoms with van der Waals surface area (Å²) in [6, 6.07) is 0. The summed E-state index contributed by atoms with van der Waals surface area (Å²) in [6.45, 7) is -0.620. The number of nitrogens with one attached hydrogen (secondary N) is 1. The second-order valence-corrected chi connectivity index (χ2v) is 10.6. The van der Waals surface area contributed by atoms with E-state index in [1.807, 2.05) is 0 Å². The molecule has 5 atom stereocenters. The van der Waals surface area contributed by atoms with Crippen LogP contribution in [0.4, 0.5) is 5.95 Å². The van der Waals surface area contributed by atoms with Gasteiger partial charge in [-0.2, -0.15) is 13.6 Å². The number of phosphoric ester groups is 1. The van der Waals surface area contributed by atoms with Gasteiger partial charge in [0, 0.05) is 0 Å². The second-order valence-electron chi connectivity index (χ2n) is 6.21. The minimum absolute atomic E-state index is 0.104. The predicted octanol–water partition coefficient (Wildman–Crippen LogP) is -1.70. The minimum atomic E-state index is -5.74. The largest absolute Gasteiger partial charge is 0.490 e. The van der Waals surface area contributed by atoms with E-state index in [-0.39, 0.29) is 17.1 Å². The van der Waals surface area contributed by atoms with Crippen molar-refractivity contribution in [2.45, 2.75) is 25.4 Å². The maximum Gasteiger partial charge on any atom is 0.490 e. The lowest BCUT2D eigenvalue weighted by atomic mass is 10.2. The van der Waals surface area contributed by atoms with Crippen molar-refractivity contribution in [1.29, 1.82) is 0 Å². The quantitative estimate of drug-likeness (QED) is 0.139. The summed E-state index contributed by atoms with van der Waals surface area (Å²) in [6.07, 6.45) is -3.27. The van der Waals surface area contributed by atoms with Gasteiger partial charge in [-0.15, -0.1) is 0 Å². The number of nitrogens with two attached hydrogens (primary N) is 1. The number of aromatic nitrogens is 4. The Morgan fingerprint density at radius 2 is 1.82 bits per heavy atom. The molecule has 0 fully saturated rings. The number of ether oxygens (including phenoxy) is 1. The number of phosphoric acid groups is 3. The standard InChI is InChI=1S/C11H20N5O14P3/c1-5(18)6(3-27-32(23,24)30-33(25,26)29-31(20,21)22)28-7(2-17)16-4-13-8-9(16)14-11(12)15-10(8)19/h4-7,17-18H,2-3H2,1H3,(H,23,24)(H,25,26)(H2,20,21,22)(H3,12,14,15,19)/t5-,6+,7+/m0/s1. The van der Waals surface area contributed by atoms with Gasteiger partial charge in [0.2, 0.25) is 5.95 Å². The highest BCUT2D eigenvalue weighted by Crippen LogP contribution is 2.66. The van der Waals surface area contributed by atoms with Crippen LogP contribution in [0.5, 0.6) is 0 Å². The average molecular weight is 539 g/mol. The summed E-state index contributed by atoms with van der Waals surface area (Å²) in [5.74, 6) is -0.273. The fourth-order valence-corrected chi connectivity index (χ4v) is 5.35. The lowest BCUT2D eigenvalue weighted by Gasteiger charge is -2.27. The Labute approximate surface area is 183 Å². The van der Waals surface area contributed by atoms with Crippen LogP contribution < -0.4 is 11.3 Å². The summed E-state index contributed by atoms with van der Waals surface area (Å²) in [5, 5.41) is 19.6. The van der Waals surface area contributed by atoms with Crippen LogP contribution in [0.15, 0.2) is 11.1 Å². The topological polar surface area (TPSA) is 299 Å². The molecule has 0 saturated heterocycles. The van der Waals surface area contributed by atoms with E-state index < -0.39 is 60.7 Å². The molecule has 2 aromatic heterocycles. The number of fused-ring (bicyclic) bond motifs is 1. The number of anilines is 1. The van der Waals surface area contributed by atoms with Gasteiger partial charge in [0.1, 0.15) is 6.10 Å². The Bertz CT molecular complexity index is 1180. The van der Waals surface area contributed by atoms with Gasteiger partial charge in [-0.25, -0.2) is 18.7 Å². The third-order valence-electron chi connectivity index (χ3n) is 3.60. The molecule has 0 radical (unpaired) electrons. The van der Waals surface area contributed by atoms with E-state index in [0.29, 0.717) is 0 Å². The molecule has 0 aliphatic heterocycles. The van der Waals surface area contributed by atoms with Crippen molar-refractivity contribution in [3.63, 3.8) is 0 Å². The molecule has 2 rings (SSSR count). The molecular weight excluding hydrogens is 519 g/mol. The smallest absolute Gasteiger partial charge is 0.392 e. The van der Waals surface area contributed by atoms with E-state index in [4.69, 9.17) is 25.2 Å². The number of nitrogens with zero attached hydrogens (tertiary/aromatic N) is 3. The molecule has 0 aliphatic rings. The first-order valence-corrected chi connectivity index (χ1v) is 13.0. The van der Waals surface area contributed by atoms with E-state index in [2.05, 4.69) is 28.1 Å². The third kappa shape index (κ3) is 8.01. The first-order chi connectivity index (χ1) is 15.0. The second kappa shape index (κ2) is 10.4. The molecule has 19 nitrogen and oxygen atoms in total. The van der Waals surface area contributed by atoms with Gasteiger partial charge in [0.25, 0.3) is 5.56 Å². The van der Waals surface area contributed by atoms with Crippen LogP contribution in [0, 0.1) is 0 Å². The van der Waals surface area contributed by atoms with E-state index in [1.54, 1.807) is 0 Å². The number of hydrogen-bond donors (Lipinski definition) is 8. The normalized spacial score (nSPS) is 19.0. The molecule has 0 spiro atoms. The number of nitrogen functional groups attached to an aromatic ring is 1. The zero-order chi connectivity index (χ0) is 25.2. The van der Waals surface area contributed by atoms with Crippen LogP contribution in [0.3, 0.4) is 0 Å². The zero-order valence-electron chi connectivity index (χ0n) is 16.4. The van der Waals surface area contributed by atoms with Crippen LogP contribution in [0.1, 0.15) is 13.2 Å². The van der Waals surface area contributed by atoms with Crippen molar-refractivity contribution in [2.75, 3.05) is 18.9 Å². The molecule has 188 valence electrons. The lowest BCUT2D eigenvalue weighted by molar-refractivity contribution is -0.130. The molecule has 2 heterocycles. The summed E-state index contributed by atoms with van der Waals surface area (Å²) in [4.78, 5) is 57.5. The van der Waals surface area contributed by atoms with E-state index >= 15 is 0 Å². The third-order valence-corrected chi connectivity index (χ3v) is 7.41. The number of hydrogen-bond acceptors (Lipinski definition) is 13. The lowest BCUT2D eigenvalue weighted by Crippen LogP contribution is -2.35. The van der Waals surface area contributed by atoms with Crippen LogP contribution >= 0.6 is 23.5 Å². The molecule has 0 aliphatic carbocycles. The van der Waals surface area contributed by atoms with Crippen molar-refractivity contribution >= 4 is 40.6 Å². The molecule has 22 heteroatoms. The number of aliphatic hydroxyl groups is 2. The van der Waals surface area contributed by atoms with Gasteiger partial charge >= 0.3 is 23.5 Å². The zero-order valence-corrected chi connectivity index (χ0v) is 19.1. The van der Waals surface area contributed by atoms with Gasteiger partial charge in [-0.05, 0) is 6.92 Å². The van der Waals surface area contributed by atoms with Crippen molar-refractivity contribution in [1.82, 2.24) is 19.5 Å². The molecule has 33 heavy (non-hydrogen) atoms. The molecule has 0 amide bonds. The van der Waals surface area contributed by atoms with Crippen molar-refractivity contribution in [3.05, 3.63) is 16.7 Å². The molecule has 0 bridgehead atoms. The van der Waals surface area contributed by atoms with Crippen LogP contribution in [-0.4, -0.2) is 74.7 Å². The number of imidazole rings is 1. The number of aliphatic hydroxyl groups excluding tert-OH is 2. The van der Waals surface area contributed by atoms with E-state index in [9.17, 15) is 33.6 Å². The monoisotopic (exact) mass is 539 g/mol. The number of aromatic amines is 1. The molecule has 0 aromatic carbocycles. The Balaban J connectivity index is 2.17. The van der Waals surface area contributed by atoms with Crippen LogP contribution in [0.2, 0.25) is 0 Å². The Morgan fingerprint density at radius 1 is 1.18 bits per heavy atom. The Morgan fingerprint density at radius 3 is 2.36 bits per heavy atom. The first-order valence-electron chi connectivity index (χ1n) is 8.48. The molecule has 2 unspecified atom stereocenters. The van der Waals surface area contributed by atoms with E-state index in [0.717, 1.165) is 17.8 Å². The van der Waals surface area contributed by atoms with Crippen molar-refractivity contribution in [3.8, 4) is 0 Å². The molecule has 2 aromatic rings. The Kier molecular flexibility index (Phi) is 8.70. The number of rotatable bonds is 12. The summed E-state index contributed by atoms with van der Waals surface area (Å²) in [5.41, 5.74) is 4.53. The molecule has 0 saturated carbocycles. The summed E-state index contributed by atoms with van der Waals surface area (Å²) >= 11 is 0. The maximum absolute atomic E-state index is 11.9. The Hall–Kier alpha value is -1.56. The van der Waals surface area contributed by atoms with Crippen molar-refractivity contribution in [2.24, 2.45) is 0 Å². The van der Waals surface area contributed by atoms with Gasteiger partial charge in [-0.1, -0.05) is 0 Å². The average Bonchev–Trinajstić information content (AvgIpc) is 3.02. The summed E-state index contributed by atoms with van der Waals surface area (Å²) < 4.78 is 52.0. The van der Waals surface area contributed by atoms with Gasteiger partial charge in [-0.3, -0.25) is 18.9 Å². The highest BCUT2D eigenvalue weighted by atomic mass is 31.3. The fourth-order valence-electron chi connectivity index (χ4n) is 2.32. The minimum Gasteiger partial charge on any atom is -0.392 e. The highest BCUT2D eigenvalue weighted by molar-refractivity contribution is 7.66. The van der Waals surface area contributed by atoms with Crippen LogP contribution in [-0.2, 0) is 31.6 Å². The fraction of sp³-hybridized carbons (Fsp3) is 0.545. The van der Waals surface area contributed by atoms with Gasteiger partial charge in [0.05, 0.1) is 25.6 Å². The number of H-pyrrole nitrogens is 1.